The molecule has 0 bridgehead atoms. The zero-order chi connectivity index (χ0) is 36.5. The number of amides is 6. The largest absolute Gasteiger partial charge is 0.394 e. The summed E-state index contributed by atoms with van der Waals surface area (Å²) in [4.78, 5) is 72.6. The average molecular weight is 695 g/mol. The van der Waals surface area contributed by atoms with E-state index in [4.69, 9.17) is 30.4 Å². The summed E-state index contributed by atoms with van der Waals surface area (Å²) in [6, 6.07) is -5.44. The first-order chi connectivity index (χ1) is 22.4. The van der Waals surface area contributed by atoms with E-state index in [0.717, 1.165) is 13.8 Å². The van der Waals surface area contributed by atoms with Crippen LogP contribution in [0.25, 0.3) is 0 Å². The number of primary amides is 2. The van der Waals surface area contributed by atoms with E-state index in [9.17, 15) is 54.3 Å². The second-order valence-corrected chi connectivity index (χ2v) is 11.4. The lowest BCUT2D eigenvalue weighted by atomic mass is 9.94. The topological polar surface area (TPSA) is 341 Å². The first kappa shape index (κ1) is 40.6. The quantitative estimate of drug-likeness (QED) is 0.0715. The maximum absolute atomic E-state index is 13.2. The van der Waals surface area contributed by atoms with Crippen molar-refractivity contribution in [3.8, 4) is 0 Å². The molecule has 13 N–H and O–H groups in total. The Hall–Kier alpha value is -3.54. The van der Waals surface area contributed by atoms with Gasteiger partial charge in [0, 0.05) is 20.3 Å². The summed E-state index contributed by atoms with van der Waals surface area (Å²) >= 11 is 0. The lowest BCUT2D eigenvalue weighted by Gasteiger charge is -2.48. The second kappa shape index (κ2) is 18.3. The van der Waals surface area contributed by atoms with Crippen LogP contribution < -0.4 is 32.7 Å². The minimum atomic E-state index is -1.82. The summed E-state index contributed by atoms with van der Waals surface area (Å²) in [7, 11) is 0. The number of hydrogen-bond acceptors (Lipinski definition) is 15. The van der Waals surface area contributed by atoms with Crippen molar-refractivity contribution in [3.05, 3.63) is 0 Å². The van der Waals surface area contributed by atoms with Crippen LogP contribution in [0.5, 0.6) is 0 Å². The minimum absolute atomic E-state index is 0.177. The summed E-state index contributed by atoms with van der Waals surface area (Å²) in [5.41, 5.74) is 10.4. The van der Waals surface area contributed by atoms with Gasteiger partial charge in [-0.25, -0.2) is 0 Å². The molecule has 2 aliphatic rings. The third-order valence-corrected chi connectivity index (χ3v) is 7.58. The van der Waals surface area contributed by atoms with Crippen molar-refractivity contribution in [3.63, 3.8) is 0 Å². The first-order valence-electron chi connectivity index (χ1n) is 15.0. The highest BCUT2D eigenvalue weighted by atomic mass is 16.7. The molecule has 2 saturated heterocycles. The molecule has 0 saturated carbocycles. The number of carbonyl (C=O) groups excluding carboxylic acids is 6. The van der Waals surface area contributed by atoms with Gasteiger partial charge in [-0.15, -0.1) is 0 Å². The molecule has 2 heterocycles. The fourth-order valence-electron chi connectivity index (χ4n) is 5.09. The van der Waals surface area contributed by atoms with E-state index in [1.54, 1.807) is 0 Å². The molecule has 21 heteroatoms. The molecule has 274 valence electrons. The normalized spacial score (nSPS) is 32.2. The number of ether oxygens (including phenoxy) is 4. The number of hydrogen-bond donors (Lipinski definition) is 11. The standard InChI is InChI=1S/C27H46N6O15/c1-9(24(42)33-13(23(29)41)5-6-16(28)38)30-25(43)10(2)45-22-18(32-12(4)37)26(44)46-15(8-35)21(22)48-27-17(31-11(3)36)20(40)19(39)14(7-34)47-27/h9-10,13-15,17-22,26-27,34-35,39-40,44H,5-8H2,1-4H3,(H2,28,38)(H2,29,41)(H,30,43)(H,31,36)(H,32,37)(H,33,42)/t9-,10+,13+,14+,15+,17+,18+,19+,20+,21+,22+,26?,27-/m0/s1. The van der Waals surface area contributed by atoms with Gasteiger partial charge < -0.3 is 77.2 Å². The Kier molecular flexibility index (Phi) is 15.5. The van der Waals surface area contributed by atoms with Crippen molar-refractivity contribution in [1.29, 1.82) is 0 Å². The summed E-state index contributed by atoms with van der Waals surface area (Å²) in [6.07, 6.45) is -14.6. The molecule has 0 spiro atoms. The number of aliphatic hydroxyl groups excluding tert-OH is 5. The highest BCUT2D eigenvalue weighted by molar-refractivity contribution is 5.92. The Morgan fingerprint density at radius 3 is 1.90 bits per heavy atom. The van der Waals surface area contributed by atoms with E-state index < -0.39 is 128 Å². The molecule has 2 rings (SSSR count). The Morgan fingerprint density at radius 2 is 1.38 bits per heavy atom. The number of aliphatic hydroxyl groups is 5. The third kappa shape index (κ3) is 11.0. The molecule has 0 aromatic heterocycles. The highest BCUT2D eigenvalue weighted by Gasteiger charge is 2.52. The molecular formula is C27H46N6O15. The Morgan fingerprint density at radius 1 is 0.792 bits per heavy atom. The van der Waals surface area contributed by atoms with Crippen LogP contribution in [-0.4, -0.2) is 154 Å². The van der Waals surface area contributed by atoms with Crippen molar-refractivity contribution in [1.82, 2.24) is 21.3 Å². The molecule has 0 aromatic carbocycles. The fraction of sp³-hybridized carbons (Fsp3) is 0.778. The predicted octanol–water partition coefficient (Wildman–Crippen LogP) is -6.96. The monoisotopic (exact) mass is 694 g/mol. The van der Waals surface area contributed by atoms with Gasteiger partial charge in [0.25, 0.3) is 0 Å². The van der Waals surface area contributed by atoms with E-state index in [1.807, 2.05) is 0 Å². The van der Waals surface area contributed by atoms with Crippen molar-refractivity contribution >= 4 is 35.4 Å². The average Bonchev–Trinajstić information content (AvgIpc) is 3.00. The van der Waals surface area contributed by atoms with Gasteiger partial charge in [0.05, 0.1) is 13.2 Å². The van der Waals surface area contributed by atoms with Crippen LogP contribution in [-0.2, 0) is 47.7 Å². The number of carbonyl (C=O) groups is 6. The lowest BCUT2D eigenvalue weighted by molar-refractivity contribution is -0.333. The lowest BCUT2D eigenvalue weighted by Crippen LogP contribution is -2.70. The van der Waals surface area contributed by atoms with Gasteiger partial charge in [0.1, 0.15) is 66.9 Å². The van der Waals surface area contributed by atoms with Crippen LogP contribution in [0.2, 0.25) is 0 Å². The van der Waals surface area contributed by atoms with Crippen molar-refractivity contribution in [2.24, 2.45) is 11.5 Å². The van der Waals surface area contributed by atoms with Crippen LogP contribution in [0.1, 0.15) is 40.5 Å². The smallest absolute Gasteiger partial charge is 0.249 e. The predicted molar refractivity (Wildman–Crippen MR) is 157 cm³/mol. The number of nitrogens with one attached hydrogen (secondary N) is 4. The Balaban J connectivity index is 2.34. The number of rotatable bonds is 16. The maximum atomic E-state index is 13.2. The van der Waals surface area contributed by atoms with Gasteiger partial charge in [0.15, 0.2) is 12.6 Å². The molecule has 2 fully saturated rings. The van der Waals surface area contributed by atoms with Crippen molar-refractivity contribution in [2.75, 3.05) is 13.2 Å². The maximum Gasteiger partial charge on any atom is 0.249 e. The van der Waals surface area contributed by atoms with Crippen LogP contribution in [0.15, 0.2) is 0 Å². The van der Waals surface area contributed by atoms with Crippen LogP contribution in [0, 0.1) is 0 Å². The Bertz CT molecular complexity index is 1160. The van der Waals surface area contributed by atoms with Crippen LogP contribution in [0.3, 0.4) is 0 Å². The van der Waals surface area contributed by atoms with Crippen molar-refractivity contribution in [2.45, 2.75) is 120 Å². The summed E-state index contributed by atoms with van der Waals surface area (Å²) in [6.45, 7) is 3.14. The Labute approximate surface area is 274 Å². The number of nitrogens with two attached hydrogens (primary N) is 2. The first-order valence-corrected chi connectivity index (χ1v) is 15.0. The molecule has 48 heavy (non-hydrogen) atoms. The third-order valence-electron chi connectivity index (χ3n) is 7.58. The zero-order valence-electron chi connectivity index (χ0n) is 26.8. The van der Waals surface area contributed by atoms with Gasteiger partial charge in [-0.2, -0.15) is 0 Å². The zero-order valence-corrected chi connectivity index (χ0v) is 26.8. The highest BCUT2D eigenvalue weighted by Crippen LogP contribution is 2.31. The molecule has 6 amide bonds. The molecule has 0 aromatic rings. The van der Waals surface area contributed by atoms with Gasteiger partial charge in [-0.05, 0) is 20.3 Å². The molecule has 2 aliphatic heterocycles. The van der Waals surface area contributed by atoms with E-state index in [2.05, 4.69) is 21.3 Å². The van der Waals surface area contributed by atoms with Gasteiger partial charge in [0.2, 0.25) is 35.4 Å². The van der Waals surface area contributed by atoms with Crippen LogP contribution >= 0.6 is 0 Å². The minimum Gasteiger partial charge on any atom is -0.394 e. The summed E-state index contributed by atoms with van der Waals surface area (Å²) < 4.78 is 23.0. The SMILES string of the molecule is CC(=O)N[C@H]1[C@H](O[C@H]2[C@H](O[C@H](C)C(=O)N[C@@H](C)C(=O)N[C@H](CCC(N)=O)C(N)=O)[C@@H](NC(C)=O)C(O)O[C@@H]2CO)O[C@H](CO)[C@@H](O)[C@@H]1O. The van der Waals surface area contributed by atoms with E-state index in [-0.39, 0.29) is 12.8 Å². The van der Waals surface area contributed by atoms with Crippen molar-refractivity contribution < 1.29 is 73.2 Å². The molecule has 13 atom stereocenters. The van der Waals surface area contributed by atoms with E-state index in [0.29, 0.717) is 0 Å². The van der Waals surface area contributed by atoms with E-state index >= 15 is 0 Å². The molecule has 0 radical (unpaired) electrons. The van der Waals surface area contributed by atoms with E-state index in [1.165, 1.54) is 13.8 Å². The molecule has 21 nitrogen and oxygen atoms in total. The van der Waals surface area contributed by atoms with Crippen LogP contribution in [0.4, 0.5) is 0 Å². The van der Waals surface area contributed by atoms with Gasteiger partial charge in [-0.3, -0.25) is 28.8 Å². The molecule has 0 aliphatic carbocycles. The summed E-state index contributed by atoms with van der Waals surface area (Å²) in [5.74, 6) is -4.77. The molecular weight excluding hydrogens is 648 g/mol. The summed E-state index contributed by atoms with van der Waals surface area (Å²) in [5, 5.41) is 61.1. The van der Waals surface area contributed by atoms with Gasteiger partial charge >= 0.3 is 0 Å². The molecule has 1 unspecified atom stereocenters. The second-order valence-electron chi connectivity index (χ2n) is 11.4. The fourth-order valence-corrected chi connectivity index (χ4v) is 5.09. The van der Waals surface area contributed by atoms with Gasteiger partial charge in [-0.1, -0.05) is 0 Å².